The van der Waals surface area contributed by atoms with Crippen molar-refractivity contribution in [2.75, 3.05) is 26.2 Å². The zero-order valence-corrected chi connectivity index (χ0v) is 11.5. The van der Waals surface area contributed by atoms with Crippen LogP contribution in [0.3, 0.4) is 0 Å². The first kappa shape index (κ1) is 12.7. The molecule has 0 N–H and O–H groups in total. The van der Waals surface area contributed by atoms with E-state index in [9.17, 15) is 4.79 Å². The van der Waals surface area contributed by atoms with Crippen LogP contribution >= 0.6 is 0 Å². The molecule has 1 aromatic rings. The van der Waals surface area contributed by atoms with Crippen LogP contribution in [-0.2, 0) is 4.79 Å². The molecule has 1 atom stereocenters. The Balaban J connectivity index is 1.58. The molecule has 0 spiro atoms. The number of hydrogen-bond donors (Lipinski definition) is 0. The number of hydrogen-bond acceptors (Lipinski definition) is 3. The molecule has 3 nitrogen and oxygen atoms in total. The highest BCUT2D eigenvalue weighted by atomic mass is 16.5. The Morgan fingerprint density at radius 1 is 1.32 bits per heavy atom. The van der Waals surface area contributed by atoms with Crippen LogP contribution < -0.4 is 4.74 Å². The van der Waals surface area contributed by atoms with E-state index in [0.29, 0.717) is 17.6 Å². The Morgan fingerprint density at radius 2 is 2.05 bits per heavy atom. The first-order chi connectivity index (χ1) is 9.24. The molecule has 2 aliphatic rings. The third kappa shape index (κ3) is 2.66. The van der Waals surface area contributed by atoms with Crippen LogP contribution in [0.1, 0.15) is 31.2 Å². The lowest BCUT2D eigenvalue weighted by Gasteiger charge is -2.32. The average Bonchev–Trinajstić information content (AvgIpc) is 2.83. The Morgan fingerprint density at radius 3 is 2.79 bits per heavy atom. The van der Waals surface area contributed by atoms with Gasteiger partial charge in [-0.25, -0.2) is 0 Å². The van der Waals surface area contributed by atoms with Gasteiger partial charge < -0.3 is 9.64 Å². The fourth-order valence-corrected chi connectivity index (χ4v) is 3.21. The van der Waals surface area contributed by atoms with Crippen LogP contribution in [0.5, 0.6) is 5.75 Å². The number of Topliss-reactive ketones (excluding diaryl/α,β-unsaturated/α-hetero) is 1. The lowest BCUT2D eigenvalue weighted by Crippen LogP contribution is -2.38. The quantitative estimate of drug-likeness (QED) is 0.835. The number of benzene rings is 1. The van der Waals surface area contributed by atoms with Gasteiger partial charge in [-0.1, -0.05) is 18.2 Å². The summed E-state index contributed by atoms with van der Waals surface area (Å²) >= 11 is 0. The van der Waals surface area contributed by atoms with E-state index >= 15 is 0 Å². The smallest absolute Gasteiger partial charge is 0.133 e. The van der Waals surface area contributed by atoms with Crippen LogP contribution in [-0.4, -0.2) is 36.9 Å². The third-order valence-corrected chi connectivity index (χ3v) is 4.44. The highest BCUT2D eigenvalue weighted by Crippen LogP contribution is 2.34. The van der Waals surface area contributed by atoms with Crippen molar-refractivity contribution in [3.05, 3.63) is 29.8 Å². The summed E-state index contributed by atoms with van der Waals surface area (Å²) in [7, 11) is 0. The largest absolute Gasteiger partial charge is 0.493 e. The second kappa shape index (κ2) is 5.33. The first-order valence-corrected chi connectivity index (χ1v) is 7.18. The number of carbonyl (C=O) groups is 1. The van der Waals surface area contributed by atoms with Crippen LogP contribution in [0.25, 0.3) is 0 Å². The van der Waals surface area contributed by atoms with Gasteiger partial charge in [0.25, 0.3) is 0 Å². The molecule has 1 aromatic carbocycles. The van der Waals surface area contributed by atoms with Crippen molar-refractivity contribution in [2.24, 2.45) is 5.92 Å². The number of ketones is 1. The number of para-hydroxylation sites is 1. The van der Waals surface area contributed by atoms with E-state index in [-0.39, 0.29) is 0 Å². The zero-order valence-electron chi connectivity index (χ0n) is 11.5. The summed E-state index contributed by atoms with van der Waals surface area (Å²) in [6.45, 7) is 5.67. The fraction of sp³-hybridized carbons (Fsp3) is 0.562. The molecule has 0 radical (unpaired) electrons. The number of nitrogens with zero attached hydrogens (tertiary/aromatic N) is 1. The van der Waals surface area contributed by atoms with Gasteiger partial charge in [0.2, 0.25) is 0 Å². The molecule has 1 unspecified atom stereocenters. The molecule has 1 saturated heterocycles. The number of ether oxygens (including phenoxy) is 1. The molecule has 3 rings (SSSR count). The van der Waals surface area contributed by atoms with Crippen molar-refractivity contribution >= 4 is 5.78 Å². The number of likely N-dealkylation sites (tertiary alicyclic amines) is 1. The van der Waals surface area contributed by atoms with Crippen molar-refractivity contribution in [1.29, 1.82) is 0 Å². The molecule has 2 aliphatic heterocycles. The van der Waals surface area contributed by atoms with Gasteiger partial charge in [0, 0.05) is 23.9 Å². The summed E-state index contributed by atoms with van der Waals surface area (Å²) in [5.41, 5.74) is 1.34. The minimum absolute atomic E-state index is 0.295. The molecule has 3 heteroatoms. The van der Waals surface area contributed by atoms with Gasteiger partial charge in [0.05, 0.1) is 6.61 Å². The van der Waals surface area contributed by atoms with Crippen molar-refractivity contribution in [3.8, 4) is 5.75 Å². The Bertz CT molecular complexity index is 464. The van der Waals surface area contributed by atoms with E-state index in [1.807, 2.05) is 6.07 Å². The average molecular weight is 259 g/mol. The number of piperidine rings is 1. The maximum Gasteiger partial charge on any atom is 0.133 e. The molecular weight excluding hydrogens is 238 g/mol. The first-order valence-electron chi connectivity index (χ1n) is 7.18. The third-order valence-electron chi connectivity index (χ3n) is 4.44. The van der Waals surface area contributed by atoms with Gasteiger partial charge in [0.15, 0.2) is 0 Å². The number of rotatable bonds is 3. The lowest BCUT2D eigenvalue weighted by molar-refractivity contribution is -0.122. The minimum atomic E-state index is 0.295. The highest BCUT2D eigenvalue weighted by molar-refractivity contribution is 5.78. The standard InChI is InChI=1S/C16H21NO2/c1-12(18)13-6-8-17(9-7-13)10-14-11-19-16-5-3-2-4-15(14)16/h2-5,13-14H,6-11H2,1H3. The SMILES string of the molecule is CC(=O)C1CCN(CC2COc3ccccc32)CC1. The summed E-state index contributed by atoms with van der Waals surface area (Å²) < 4.78 is 5.73. The van der Waals surface area contributed by atoms with Gasteiger partial charge in [-0.15, -0.1) is 0 Å². The normalized spacial score (nSPS) is 23.9. The highest BCUT2D eigenvalue weighted by Gasteiger charge is 2.28. The summed E-state index contributed by atoms with van der Waals surface area (Å²) in [6, 6.07) is 8.34. The van der Waals surface area contributed by atoms with Gasteiger partial charge in [-0.3, -0.25) is 4.79 Å². The van der Waals surface area contributed by atoms with E-state index in [4.69, 9.17) is 4.74 Å². The second-order valence-electron chi connectivity index (χ2n) is 5.73. The Kier molecular flexibility index (Phi) is 3.56. The van der Waals surface area contributed by atoms with Gasteiger partial charge in [-0.2, -0.15) is 0 Å². The Labute approximate surface area is 114 Å². The molecule has 1 fully saturated rings. The summed E-state index contributed by atoms with van der Waals surface area (Å²) in [5.74, 6) is 2.19. The van der Waals surface area contributed by atoms with Crippen molar-refractivity contribution < 1.29 is 9.53 Å². The lowest BCUT2D eigenvalue weighted by atomic mass is 9.92. The van der Waals surface area contributed by atoms with Crippen molar-refractivity contribution in [1.82, 2.24) is 4.90 Å². The van der Waals surface area contributed by atoms with Gasteiger partial charge in [-0.05, 0) is 38.9 Å². The molecule has 0 aromatic heterocycles. The molecule has 102 valence electrons. The van der Waals surface area contributed by atoms with Crippen LogP contribution in [0.4, 0.5) is 0 Å². The second-order valence-corrected chi connectivity index (χ2v) is 5.73. The maximum absolute atomic E-state index is 11.4. The maximum atomic E-state index is 11.4. The monoisotopic (exact) mass is 259 g/mol. The molecule has 0 amide bonds. The predicted octanol–water partition coefficient (Wildman–Crippen LogP) is 2.46. The van der Waals surface area contributed by atoms with Crippen molar-refractivity contribution in [3.63, 3.8) is 0 Å². The fourth-order valence-electron chi connectivity index (χ4n) is 3.21. The van der Waals surface area contributed by atoms with Crippen LogP contribution in [0.15, 0.2) is 24.3 Å². The minimum Gasteiger partial charge on any atom is -0.493 e. The molecule has 2 heterocycles. The number of carbonyl (C=O) groups excluding carboxylic acids is 1. The van der Waals surface area contributed by atoms with Crippen LogP contribution in [0, 0.1) is 5.92 Å². The molecule has 0 aliphatic carbocycles. The van der Waals surface area contributed by atoms with Crippen molar-refractivity contribution in [2.45, 2.75) is 25.7 Å². The van der Waals surface area contributed by atoms with E-state index in [1.54, 1.807) is 6.92 Å². The summed E-state index contributed by atoms with van der Waals surface area (Å²) in [6.07, 6.45) is 2.04. The molecular formula is C16H21NO2. The topological polar surface area (TPSA) is 29.5 Å². The van der Waals surface area contributed by atoms with Gasteiger partial charge >= 0.3 is 0 Å². The van der Waals surface area contributed by atoms with E-state index < -0.39 is 0 Å². The van der Waals surface area contributed by atoms with E-state index in [2.05, 4.69) is 23.1 Å². The predicted molar refractivity (Wildman–Crippen MR) is 74.5 cm³/mol. The Hall–Kier alpha value is -1.35. The van der Waals surface area contributed by atoms with Gasteiger partial charge in [0.1, 0.15) is 11.5 Å². The summed E-state index contributed by atoms with van der Waals surface area (Å²) in [4.78, 5) is 13.9. The van der Waals surface area contributed by atoms with E-state index in [0.717, 1.165) is 44.8 Å². The number of fused-ring (bicyclic) bond motifs is 1. The van der Waals surface area contributed by atoms with E-state index in [1.165, 1.54) is 5.56 Å². The van der Waals surface area contributed by atoms with Crippen LogP contribution in [0.2, 0.25) is 0 Å². The molecule has 19 heavy (non-hydrogen) atoms. The zero-order chi connectivity index (χ0) is 13.2. The summed E-state index contributed by atoms with van der Waals surface area (Å²) in [5, 5.41) is 0. The molecule has 0 bridgehead atoms. The molecule has 0 saturated carbocycles.